The lowest BCUT2D eigenvalue weighted by atomic mass is 9.80. The third-order valence-electron chi connectivity index (χ3n) is 4.69. The van der Waals surface area contributed by atoms with Crippen molar-refractivity contribution in [3.05, 3.63) is 109 Å². The molecule has 2 N–H and O–H groups in total. The van der Waals surface area contributed by atoms with Crippen molar-refractivity contribution in [2.45, 2.75) is 0 Å². The Kier molecular flexibility index (Phi) is 5.24. The van der Waals surface area contributed by atoms with Crippen LogP contribution >= 0.6 is 0 Å². The Morgan fingerprint density at radius 3 is 1.71 bits per heavy atom. The Balaban J connectivity index is 1.88. The molecule has 0 bridgehead atoms. The van der Waals surface area contributed by atoms with Gasteiger partial charge in [0.15, 0.2) is 0 Å². The van der Waals surface area contributed by atoms with E-state index in [-0.39, 0.29) is 0 Å². The number of para-hydroxylation sites is 2. The van der Waals surface area contributed by atoms with Gasteiger partial charge in [-0.3, -0.25) is 0 Å². The number of nitrogens with zero attached hydrogens (tertiary/aromatic N) is 1. The summed E-state index contributed by atoms with van der Waals surface area (Å²) in [4.78, 5) is 2.18. The maximum atomic E-state index is 9.42. The molecule has 0 fully saturated rings. The largest absolute Gasteiger partial charge is 0.488 e. The highest BCUT2D eigenvalue weighted by Crippen LogP contribution is 2.40. The summed E-state index contributed by atoms with van der Waals surface area (Å²) in [6.45, 7) is 0. The van der Waals surface area contributed by atoms with Crippen LogP contribution in [0.3, 0.4) is 0 Å². The molecule has 0 unspecified atom stereocenters. The van der Waals surface area contributed by atoms with Crippen LogP contribution in [0.15, 0.2) is 109 Å². The molecule has 0 spiro atoms. The molecule has 28 heavy (non-hydrogen) atoms. The third-order valence-corrected chi connectivity index (χ3v) is 4.69. The predicted molar refractivity (Wildman–Crippen MR) is 116 cm³/mol. The summed E-state index contributed by atoms with van der Waals surface area (Å²) >= 11 is 0. The molecule has 0 radical (unpaired) electrons. The van der Waals surface area contributed by atoms with E-state index in [1.165, 1.54) is 0 Å². The van der Waals surface area contributed by atoms with Gasteiger partial charge in [0.05, 0.1) is 5.69 Å². The van der Waals surface area contributed by atoms with E-state index in [0.29, 0.717) is 5.46 Å². The summed E-state index contributed by atoms with van der Waals surface area (Å²) in [6, 6.07) is 36.0. The molecule has 0 saturated heterocycles. The summed E-state index contributed by atoms with van der Waals surface area (Å²) in [6.07, 6.45) is 0. The number of benzene rings is 4. The SMILES string of the molecule is OB(O)c1ccc(N(c2ccccc2)c2ccccc2-c2ccccc2)cc1. The van der Waals surface area contributed by atoms with Gasteiger partial charge in [0, 0.05) is 16.9 Å². The average Bonchev–Trinajstić information content (AvgIpc) is 2.76. The van der Waals surface area contributed by atoms with E-state index in [2.05, 4.69) is 41.3 Å². The second-order valence-electron chi connectivity index (χ2n) is 6.52. The van der Waals surface area contributed by atoms with E-state index in [9.17, 15) is 10.0 Å². The highest BCUT2D eigenvalue weighted by molar-refractivity contribution is 6.58. The molecule has 3 nitrogen and oxygen atoms in total. The molecule has 4 heteroatoms. The van der Waals surface area contributed by atoms with Crippen LogP contribution in [0, 0.1) is 0 Å². The van der Waals surface area contributed by atoms with Gasteiger partial charge in [0.25, 0.3) is 0 Å². The van der Waals surface area contributed by atoms with Crippen molar-refractivity contribution >= 4 is 29.6 Å². The van der Waals surface area contributed by atoms with Gasteiger partial charge in [-0.2, -0.15) is 0 Å². The lowest BCUT2D eigenvalue weighted by Crippen LogP contribution is -2.29. The fourth-order valence-corrected chi connectivity index (χ4v) is 3.33. The number of hydrogen-bond donors (Lipinski definition) is 2. The Labute approximate surface area is 165 Å². The van der Waals surface area contributed by atoms with Crippen LogP contribution in [-0.2, 0) is 0 Å². The molecule has 0 aliphatic rings. The minimum Gasteiger partial charge on any atom is -0.423 e. The maximum Gasteiger partial charge on any atom is 0.488 e. The first-order chi connectivity index (χ1) is 13.7. The van der Waals surface area contributed by atoms with Gasteiger partial charge in [-0.05, 0) is 41.4 Å². The second kappa shape index (κ2) is 8.13. The smallest absolute Gasteiger partial charge is 0.423 e. The van der Waals surface area contributed by atoms with E-state index in [1.54, 1.807) is 12.1 Å². The number of rotatable bonds is 5. The Morgan fingerprint density at radius 1 is 0.536 bits per heavy atom. The zero-order chi connectivity index (χ0) is 19.3. The van der Waals surface area contributed by atoms with Crippen molar-refractivity contribution in [1.82, 2.24) is 0 Å². The van der Waals surface area contributed by atoms with Crippen LogP contribution in [0.1, 0.15) is 0 Å². The van der Waals surface area contributed by atoms with Crippen molar-refractivity contribution in [3.63, 3.8) is 0 Å². The molecule has 0 aliphatic carbocycles. The summed E-state index contributed by atoms with van der Waals surface area (Å²) in [7, 11) is -1.48. The van der Waals surface area contributed by atoms with E-state index in [0.717, 1.165) is 28.2 Å². The van der Waals surface area contributed by atoms with Crippen LogP contribution in [0.25, 0.3) is 11.1 Å². The topological polar surface area (TPSA) is 43.7 Å². The minimum absolute atomic E-state index is 0.466. The monoisotopic (exact) mass is 365 g/mol. The van der Waals surface area contributed by atoms with Crippen molar-refractivity contribution in [2.75, 3.05) is 4.90 Å². The van der Waals surface area contributed by atoms with Crippen molar-refractivity contribution < 1.29 is 10.0 Å². The Bertz CT molecular complexity index is 1030. The normalized spacial score (nSPS) is 10.5. The fourth-order valence-electron chi connectivity index (χ4n) is 3.33. The van der Waals surface area contributed by atoms with Gasteiger partial charge in [-0.15, -0.1) is 0 Å². The summed E-state index contributed by atoms with van der Waals surface area (Å²) in [5, 5.41) is 18.8. The maximum absolute atomic E-state index is 9.42. The first-order valence-electron chi connectivity index (χ1n) is 9.20. The van der Waals surface area contributed by atoms with Gasteiger partial charge >= 0.3 is 7.12 Å². The zero-order valence-corrected chi connectivity index (χ0v) is 15.3. The molecule has 0 amide bonds. The molecule has 0 atom stereocenters. The van der Waals surface area contributed by atoms with Crippen LogP contribution in [0.4, 0.5) is 17.1 Å². The van der Waals surface area contributed by atoms with Gasteiger partial charge in [0.1, 0.15) is 0 Å². The van der Waals surface area contributed by atoms with Crippen LogP contribution in [0.2, 0.25) is 0 Å². The minimum atomic E-state index is -1.48. The molecule has 0 aliphatic heterocycles. The Hall–Kier alpha value is -3.34. The van der Waals surface area contributed by atoms with Crippen molar-refractivity contribution in [2.24, 2.45) is 0 Å². The molecule has 4 aromatic rings. The molecule has 0 saturated carbocycles. The Morgan fingerprint density at radius 2 is 1.07 bits per heavy atom. The first-order valence-corrected chi connectivity index (χ1v) is 9.20. The average molecular weight is 365 g/mol. The van der Waals surface area contributed by atoms with Crippen LogP contribution in [-0.4, -0.2) is 17.2 Å². The molecular formula is C24H20BNO2. The van der Waals surface area contributed by atoms with Crippen molar-refractivity contribution in [1.29, 1.82) is 0 Å². The van der Waals surface area contributed by atoms with E-state index in [1.807, 2.05) is 60.7 Å². The zero-order valence-electron chi connectivity index (χ0n) is 15.3. The third kappa shape index (κ3) is 3.69. The highest BCUT2D eigenvalue weighted by Gasteiger charge is 2.17. The van der Waals surface area contributed by atoms with E-state index >= 15 is 0 Å². The number of anilines is 3. The van der Waals surface area contributed by atoms with Crippen molar-refractivity contribution in [3.8, 4) is 11.1 Å². The summed E-state index contributed by atoms with van der Waals surface area (Å²) in [5.74, 6) is 0. The van der Waals surface area contributed by atoms with Crippen LogP contribution < -0.4 is 10.4 Å². The van der Waals surface area contributed by atoms with Gasteiger partial charge in [0.2, 0.25) is 0 Å². The summed E-state index contributed by atoms with van der Waals surface area (Å²) < 4.78 is 0. The lowest BCUT2D eigenvalue weighted by molar-refractivity contribution is 0.426. The second-order valence-corrected chi connectivity index (χ2v) is 6.52. The van der Waals surface area contributed by atoms with Gasteiger partial charge in [-0.1, -0.05) is 78.9 Å². The molecular weight excluding hydrogens is 345 g/mol. The fraction of sp³-hybridized carbons (Fsp3) is 0. The van der Waals surface area contributed by atoms with Gasteiger partial charge in [-0.25, -0.2) is 0 Å². The number of hydrogen-bond acceptors (Lipinski definition) is 3. The lowest BCUT2D eigenvalue weighted by Gasteiger charge is -2.28. The standard InChI is InChI=1S/C24H20BNO2/c27-25(28)20-15-17-22(18-16-20)26(21-11-5-2-6-12-21)24-14-8-7-13-23(24)19-9-3-1-4-10-19/h1-18,27-28H. The van der Waals surface area contributed by atoms with E-state index in [4.69, 9.17) is 0 Å². The molecule has 0 aromatic heterocycles. The molecule has 4 aromatic carbocycles. The molecule has 4 rings (SSSR count). The van der Waals surface area contributed by atoms with E-state index < -0.39 is 7.12 Å². The predicted octanol–water partition coefficient (Wildman–Crippen LogP) is 4.50. The molecule has 0 heterocycles. The van der Waals surface area contributed by atoms with Crippen LogP contribution in [0.5, 0.6) is 0 Å². The first kappa shape index (κ1) is 18.0. The highest BCUT2D eigenvalue weighted by atomic mass is 16.4. The quantitative estimate of drug-likeness (QED) is 0.512. The van der Waals surface area contributed by atoms with Gasteiger partial charge < -0.3 is 14.9 Å². The molecule has 136 valence electrons. The summed E-state index contributed by atoms with van der Waals surface area (Å²) in [5.41, 5.74) is 5.76.